The van der Waals surface area contributed by atoms with E-state index in [9.17, 15) is 4.79 Å². The molecule has 2 aromatic rings. The largest absolute Gasteiger partial charge is 0.395 e. The minimum atomic E-state index is -0.113. The van der Waals surface area contributed by atoms with E-state index in [1.807, 2.05) is 13.0 Å². The van der Waals surface area contributed by atoms with Gasteiger partial charge in [0.1, 0.15) is 12.2 Å². The summed E-state index contributed by atoms with van der Waals surface area (Å²) in [5.74, 6) is 6.47. The smallest absolute Gasteiger partial charge is 0.261 e. The molecule has 2 rings (SSSR count). The summed E-state index contributed by atoms with van der Waals surface area (Å²) >= 11 is 1.36. The van der Waals surface area contributed by atoms with Crippen molar-refractivity contribution in [3.63, 3.8) is 0 Å². The fraction of sp³-hybridized carbons (Fsp3) is 0.357. The molecule has 0 radical (unpaired) electrons. The summed E-state index contributed by atoms with van der Waals surface area (Å²) in [6, 6.07) is 1.83. The number of H-pyrrole nitrogens is 1. The van der Waals surface area contributed by atoms with Crippen LogP contribution >= 0.6 is 11.3 Å². The second-order valence-corrected chi connectivity index (χ2v) is 5.39. The van der Waals surface area contributed by atoms with Gasteiger partial charge in [0.2, 0.25) is 0 Å². The Labute approximate surface area is 126 Å². The van der Waals surface area contributed by atoms with E-state index < -0.39 is 0 Å². The summed E-state index contributed by atoms with van der Waals surface area (Å²) in [7, 11) is 0. The summed E-state index contributed by atoms with van der Waals surface area (Å²) in [6.45, 7) is 2.47. The number of carbonyl (C=O) groups is 1. The molecule has 0 aromatic carbocycles. The molecule has 2 aromatic heterocycles. The number of thiophene rings is 1. The number of aliphatic hydroxyl groups excluding tert-OH is 1. The zero-order valence-corrected chi connectivity index (χ0v) is 12.5. The molecule has 0 aliphatic rings. The Morgan fingerprint density at radius 2 is 2.43 bits per heavy atom. The first-order chi connectivity index (χ1) is 10.2. The maximum Gasteiger partial charge on any atom is 0.261 e. The maximum absolute atomic E-state index is 12.0. The van der Waals surface area contributed by atoms with Crippen molar-refractivity contribution in [2.45, 2.75) is 19.8 Å². The van der Waals surface area contributed by atoms with Gasteiger partial charge in [-0.15, -0.1) is 11.3 Å². The third kappa shape index (κ3) is 4.41. The number of aromatic amines is 1. The van der Waals surface area contributed by atoms with Crippen LogP contribution < -0.4 is 5.32 Å². The monoisotopic (exact) mass is 304 g/mol. The van der Waals surface area contributed by atoms with Crippen LogP contribution in [0.1, 0.15) is 32.4 Å². The van der Waals surface area contributed by atoms with Crippen molar-refractivity contribution in [3.8, 4) is 11.8 Å². The first kappa shape index (κ1) is 15.2. The average Bonchev–Trinajstić information content (AvgIpc) is 3.09. The minimum absolute atomic E-state index is 0.0480. The number of aryl methyl sites for hydroxylation is 1. The molecule has 1 amide bonds. The number of aromatic nitrogens is 3. The van der Waals surface area contributed by atoms with Crippen LogP contribution in [0.2, 0.25) is 0 Å². The van der Waals surface area contributed by atoms with E-state index in [1.54, 1.807) is 0 Å². The second kappa shape index (κ2) is 7.57. The maximum atomic E-state index is 12.0. The van der Waals surface area contributed by atoms with Gasteiger partial charge < -0.3 is 10.4 Å². The summed E-state index contributed by atoms with van der Waals surface area (Å²) in [4.78, 5) is 17.5. The topological polar surface area (TPSA) is 90.9 Å². The van der Waals surface area contributed by atoms with Gasteiger partial charge in [-0.1, -0.05) is 11.8 Å². The normalized spacial score (nSPS) is 10.0. The average molecular weight is 304 g/mol. The number of nitrogens with one attached hydrogen (secondary N) is 2. The van der Waals surface area contributed by atoms with Crippen LogP contribution in [0.25, 0.3) is 0 Å². The van der Waals surface area contributed by atoms with Gasteiger partial charge in [0.15, 0.2) is 0 Å². The van der Waals surface area contributed by atoms with Crippen LogP contribution in [0.15, 0.2) is 12.4 Å². The van der Waals surface area contributed by atoms with E-state index in [0.29, 0.717) is 24.3 Å². The van der Waals surface area contributed by atoms with Crippen molar-refractivity contribution in [2.75, 3.05) is 13.2 Å². The summed E-state index contributed by atoms with van der Waals surface area (Å²) in [5, 5.41) is 18.0. The molecule has 0 aliphatic carbocycles. The molecule has 0 unspecified atom stereocenters. The molecule has 0 saturated carbocycles. The Morgan fingerprint density at radius 3 is 3.14 bits per heavy atom. The van der Waals surface area contributed by atoms with Gasteiger partial charge in [0, 0.05) is 19.4 Å². The number of hydrogen-bond acceptors (Lipinski definition) is 5. The molecule has 0 bridgehead atoms. The SMILES string of the molecule is Cc1cc(C(=O)NCCc2ncn[nH]2)sc1C#CCCO. The van der Waals surface area contributed by atoms with Gasteiger partial charge in [0.25, 0.3) is 5.91 Å². The quantitative estimate of drug-likeness (QED) is 0.715. The van der Waals surface area contributed by atoms with E-state index in [4.69, 9.17) is 5.11 Å². The number of rotatable bonds is 5. The molecule has 3 N–H and O–H groups in total. The molecule has 0 atom stereocenters. The molecular weight excluding hydrogens is 288 g/mol. The lowest BCUT2D eigenvalue weighted by molar-refractivity contribution is 0.0958. The van der Waals surface area contributed by atoms with Crippen LogP contribution in [0.3, 0.4) is 0 Å². The molecule has 0 spiro atoms. The minimum Gasteiger partial charge on any atom is -0.395 e. The number of hydrogen-bond donors (Lipinski definition) is 3. The van der Waals surface area contributed by atoms with Gasteiger partial charge in [-0.05, 0) is 18.6 Å². The van der Waals surface area contributed by atoms with Crippen molar-refractivity contribution in [3.05, 3.63) is 33.5 Å². The predicted molar refractivity (Wildman–Crippen MR) is 80.1 cm³/mol. The first-order valence-electron chi connectivity index (χ1n) is 6.53. The second-order valence-electron chi connectivity index (χ2n) is 4.34. The molecule has 6 nitrogen and oxygen atoms in total. The first-order valence-corrected chi connectivity index (χ1v) is 7.35. The number of carbonyl (C=O) groups excluding carboxylic acids is 1. The third-order valence-electron chi connectivity index (χ3n) is 2.69. The standard InChI is InChI=1S/C14H16N4O2S/c1-10-8-12(21-11(10)4-2-3-7-19)14(20)15-6-5-13-16-9-17-18-13/h8-9,19H,3,5-7H2,1H3,(H,15,20)(H,16,17,18). The number of amides is 1. The van der Waals surface area contributed by atoms with Crippen molar-refractivity contribution in [2.24, 2.45) is 0 Å². The molecule has 2 heterocycles. The van der Waals surface area contributed by atoms with Crippen LogP contribution in [0.4, 0.5) is 0 Å². The zero-order valence-electron chi connectivity index (χ0n) is 11.6. The Balaban J connectivity index is 1.90. The van der Waals surface area contributed by atoms with E-state index in [-0.39, 0.29) is 12.5 Å². The third-order valence-corrected chi connectivity index (χ3v) is 3.84. The van der Waals surface area contributed by atoms with E-state index in [2.05, 4.69) is 32.3 Å². The molecule has 0 fully saturated rings. The highest BCUT2D eigenvalue weighted by Crippen LogP contribution is 2.20. The Hall–Kier alpha value is -2.17. The molecule has 0 aliphatic heterocycles. The van der Waals surface area contributed by atoms with Crippen molar-refractivity contribution in [1.82, 2.24) is 20.5 Å². The van der Waals surface area contributed by atoms with Crippen LogP contribution in [0, 0.1) is 18.8 Å². The fourth-order valence-corrected chi connectivity index (χ4v) is 2.61. The predicted octanol–water partition coefficient (Wildman–Crippen LogP) is 0.881. The Morgan fingerprint density at radius 1 is 1.57 bits per heavy atom. The van der Waals surface area contributed by atoms with Crippen LogP contribution in [0.5, 0.6) is 0 Å². The molecular formula is C14H16N4O2S. The fourth-order valence-electron chi connectivity index (χ4n) is 1.65. The molecule has 7 heteroatoms. The highest BCUT2D eigenvalue weighted by atomic mass is 32.1. The Bertz CT molecular complexity index is 652. The highest BCUT2D eigenvalue weighted by Gasteiger charge is 2.11. The zero-order chi connectivity index (χ0) is 15.1. The summed E-state index contributed by atoms with van der Waals surface area (Å²) in [5.41, 5.74) is 0.978. The van der Waals surface area contributed by atoms with Gasteiger partial charge in [0.05, 0.1) is 16.4 Å². The molecule has 0 saturated heterocycles. The van der Waals surface area contributed by atoms with Gasteiger partial charge >= 0.3 is 0 Å². The summed E-state index contributed by atoms with van der Waals surface area (Å²) < 4.78 is 0. The van der Waals surface area contributed by atoms with E-state index >= 15 is 0 Å². The van der Waals surface area contributed by atoms with Crippen molar-refractivity contribution >= 4 is 17.2 Å². The number of nitrogens with zero attached hydrogens (tertiary/aromatic N) is 2. The lowest BCUT2D eigenvalue weighted by atomic mass is 10.2. The lowest BCUT2D eigenvalue weighted by Crippen LogP contribution is -2.25. The Kier molecular flexibility index (Phi) is 5.49. The van der Waals surface area contributed by atoms with Crippen LogP contribution in [-0.4, -0.2) is 39.3 Å². The number of aliphatic hydroxyl groups is 1. The van der Waals surface area contributed by atoms with Gasteiger partial charge in [-0.3, -0.25) is 9.89 Å². The van der Waals surface area contributed by atoms with Crippen molar-refractivity contribution in [1.29, 1.82) is 0 Å². The van der Waals surface area contributed by atoms with Crippen molar-refractivity contribution < 1.29 is 9.90 Å². The van der Waals surface area contributed by atoms with Gasteiger partial charge in [-0.25, -0.2) is 4.98 Å². The van der Waals surface area contributed by atoms with E-state index in [1.165, 1.54) is 17.7 Å². The lowest BCUT2D eigenvalue weighted by Gasteiger charge is -2.00. The molecule has 110 valence electrons. The van der Waals surface area contributed by atoms with Gasteiger partial charge in [-0.2, -0.15) is 5.10 Å². The molecule has 21 heavy (non-hydrogen) atoms. The van der Waals surface area contributed by atoms with E-state index in [0.717, 1.165) is 16.3 Å². The summed E-state index contributed by atoms with van der Waals surface area (Å²) in [6.07, 6.45) is 2.49. The highest BCUT2D eigenvalue weighted by molar-refractivity contribution is 7.14. The van der Waals surface area contributed by atoms with Crippen LogP contribution in [-0.2, 0) is 6.42 Å².